The predicted octanol–water partition coefficient (Wildman–Crippen LogP) is 3.67. The van der Waals surface area contributed by atoms with E-state index in [1.165, 1.54) is 13.8 Å². The van der Waals surface area contributed by atoms with Crippen molar-refractivity contribution in [2.45, 2.75) is 79.5 Å². The molecule has 3 fully saturated rings. The summed E-state index contributed by atoms with van der Waals surface area (Å²) in [6.07, 6.45) is 4.13. The Kier molecular flexibility index (Phi) is 5.31. The first-order valence-corrected chi connectivity index (χ1v) is 11.1. The zero-order valence-electron chi connectivity index (χ0n) is 19.1. The van der Waals surface area contributed by atoms with Crippen molar-refractivity contribution in [1.82, 2.24) is 0 Å². The summed E-state index contributed by atoms with van der Waals surface area (Å²) >= 11 is 0. The molecule has 4 rings (SSSR count). The third-order valence-corrected chi connectivity index (χ3v) is 8.13. The van der Waals surface area contributed by atoms with E-state index in [4.69, 9.17) is 18.9 Å². The van der Waals surface area contributed by atoms with Gasteiger partial charge in [-0.05, 0) is 50.5 Å². The standard InChI is InChI=1S/C24H32O7/c1-7-12(2)20(27)30-18-10-16-22(29-14(4)26)31-21(28-13(3)25)15-8-9-19-23(5,6)17(18)11-24(15,16)19/h7,10,15,17-19,21-22H,8-9,11H2,1-6H3. The van der Waals surface area contributed by atoms with Crippen LogP contribution < -0.4 is 0 Å². The summed E-state index contributed by atoms with van der Waals surface area (Å²) in [4.78, 5) is 36.3. The quantitative estimate of drug-likeness (QED) is 0.290. The van der Waals surface area contributed by atoms with Crippen LogP contribution in [-0.2, 0) is 33.3 Å². The molecule has 0 radical (unpaired) electrons. The average Bonchev–Trinajstić information content (AvgIpc) is 3.14. The number of carbonyl (C=O) groups is 3. The van der Waals surface area contributed by atoms with Crippen molar-refractivity contribution in [3.05, 3.63) is 23.3 Å². The smallest absolute Gasteiger partial charge is 0.333 e. The number of allylic oxidation sites excluding steroid dienone is 1. The number of rotatable bonds is 4. The van der Waals surface area contributed by atoms with E-state index in [0.29, 0.717) is 5.57 Å². The number of hydrogen-bond acceptors (Lipinski definition) is 7. The van der Waals surface area contributed by atoms with E-state index >= 15 is 0 Å². The molecule has 1 saturated heterocycles. The number of esters is 3. The van der Waals surface area contributed by atoms with Gasteiger partial charge in [0.1, 0.15) is 6.10 Å². The van der Waals surface area contributed by atoms with Gasteiger partial charge in [0.05, 0.1) is 0 Å². The summed E-state index contributed by atoms with van der Waals surface area (Å²) in [5, 5.41) is 0. The molecule has 7 unspecified atom stereocenters. The molecule has 0 amide bonds. The van der Waals surface area contributed by atoms with Crippen LogP contribution in [0.25, 0.3) is 0 Å². The Morgan fingerprint density at radius 3 is 2.32 bits per heavy atom. The van der Waals surface area contributed by atoms with Crippen LogP contribution in [-0.4, -0.2) is 36.6 Å². The first kappa shape index (κ1) is 22.1. The lowest BCUT2D eigenvalue weighted by Gasteiger charge is -2.50. The molecule has 2 bridgehead atoms. The molecule has 2 saturated carbocycles. The lowest BCUT2D eigenvalue weighted by molar-refractivity contribution is -0.273. The minimum atomic E-state index is -0.961. The van der Waals surface area contributed by atoms with Crippen LogP contribution in [0.4, 0.5) is 0 Å². The highest BCUT2D eigenvalue weighted by Gasteiger charge is 2.72. The van der Waals surface area contributed by atoms with Crippen LogP contribution in [0.5, 0.6) is 0 Å². The zero-order chi connectivity index (χ0) is 22.7. The molecule has 1 heterocycles. The van der Waals surface area contributed by atoms with E-state index in [-0.39, 0.29) is 34.6 Å². The predicted molar refractivity (Wildman–Crippen MR) is 110 cm³/mol. The van der Waals surface area contributed by atoms with Crippen molar-refractivity contribution in [3.63, 3.8) is 0 Å². The molecule has 170 valence electrons. The van der Waals surface area contributed by atoms with E-state index in [0.717, 1.165) is 24.8 Å². The summed E-state index contributed by atoms with van der Waals surface area (Å²) in [6, 6.07) is 0. The van der Waals surface area contributed by atoms with Gasteiger partial charge in [-0.25, -0.2) is 4.79 Å². The Morgan fingerprint density at radius 1 is 1.03 bits per heavy atom. The Morgan fingerprint density at radius 2 is 1.71 bits per heavy atom. The van der Waals surface area contributed by atoms with Gasteiger partial charge in [0, 0.05) is 42.2 Å². The fraction of sp³-hybridized carbons (Fsp3) is 0.708. The van der Waals surface area contributed by atoms with Crippen molar-refractivity contribution >= 4 is 17.9 Å². The minimum Gasteiger partial charge on any atom is -0.454 e. The number of fused-ring (bicyclic) bond motifs is 1. The summed E-state index contributed by atoms with van der Waals surface area (Å²) in [5.74, 6) is -0.855. The van der Waals surface area contributed by atoms with E-state index in [9.17, 15) is 14.4 Å². The maximum Gasteiger partial charge on any atom is 0.333 e. The second-order valence-corrected chi connectivity index (χ2v) is 9.93. The van der Waals surface area contributed by atoms with Gasteiger partial charge in [-0.2, -0.15) is 0 Å². The van der Waals surface area contributed by atoms with Crippen LogP contribution in [0.3, 0.4) is 0 Å². The van der Waals surface area contributed by atoms with Crippen molar-refractivity contribution in [2.24, 2.45) is 28.6 Å². The normalized spacial score (nSPS) is 39.9. The monoisotopic (exact) mass is 432 g/mol. The molecule has 4 aliphatic rings. The average molecular weight is 433 g/mol. The Labute approximate surface area is 183 Å². The SMILES string of the molecule is CC=C(C)C(=O)OC1C=C2C(OC(C)=O)OC(OC(C)=O)C3CCC4C(C)(C)C1CC234. The van der Waals surface area contributed by atoms with Gasteiger partial charge in [0.15, 0.2) is 0 Å². The number of hydrogen-bond donors (Lipinski definition) is 0. The van der Waals surface area contributed by atoms with Gasteiger partial charge in [-0.3, -0.25) is 14.3 Å². The maximum atomic E-state index is 12.6. The van der Waals surface area contributed by atoms with Crippen molar-refractivity contribution in [2.75, 3.05) is 0 Å². The van der Waals surface area contributed by atoms with Gasteiger partial charge in [0.25, 0.3) is 0 Å². The highest BCUT2D eigenvalue weighted by atomic mass is 16.8. The van der Waals surface area contributed by atoms with Crippen LogP contribution in [0, 0.1) is 28.6 Å². The van der Waals surface area contributed by atoms with E-state index in [1.807, 2.05) is 6.08 Å². The molecule has 0 N–H and O–H groups in total. The third-order valence-electron chi connectivity index (χ3n) is 8.13. The topological polar surface area (TPSA) is 88.1 Å². The minimum absolute atomic E-state index is 0.0161. The van der Waals surface area contributed by atoms with Crippen LogP contribution >= 0.6 is 0 Å². The largest absolute Gasteiger partial charge is 0.454 e. The Hall–Kier alpha value is -2.15. The zero-order valence-corrected chi connectivity index (χ0v) is 19.1. The molecule has 7 nitrogen and oxygen atoms in total. The van der Waals surface area contributed by atoms with Crippen molar-refractivity contribution in [1.29, 1.82) is 0 Å². The van der Waals surface area contributed by atoms with E-state index < -0.39 is 30.6 Å². The van der Waals surface area contributed by atoms with Gasteiger partial charge in [-0.15, -0.1) is 0 Å². The highest BCUT2D eigenvalue weighted by molar-refractivity contribution is 5.87. The lowest BCUT2D eigenvalue weighted by atomic mass is 9.63. The first-order chi connectivity index (χ1) is 14.5. The van der Waals surface area contributed by atoms with E-state index in [1.54, 1.807) is 19.9 Å². The summed E-state index contributed by atoms with van der Waals surface area (Å²) in [6.45, 7) is 10.7. The fourth-order valence-electron chi connectivity index (χ4n) is 6.79. The third kappa shape index (κ3) is 3.23. The molecule has 0 aromatic rings. The van der Waals surface area contributed by atoms with Gasteiger partial charge in [0.2, 0.25) is 12.6 Å². The molecule has 3 aliphatic carbocycles. The summed E-state index contributed by atoms with van der Waals surface area (Å²) in [5.41, 5.74) is 1.00. The fourth-order valence-corrected chi connectivity index (χ4v) is 6.79. The van der Waals surface area contributed by atoms with Crippen LogP contribution in [0.2, 0.25) is 0 Å². The highest BCUT2D eigenvalue weighted by Crippen LogP contribution is 2.74. The summed E-state index contributed by atoms with van der Waals surface area (Å²) in [7, 11) is 0. The lowest BCUT2D eigenvalue weighted by Crippen LogP contribution is -2.53. The van der Waals surface area contributed by atoms with Crippen LogP contribution in [0.1, 0.15) is 60.8 Å². The van der Waals surface area contributed by atoms with Crippen LogP contribution in [0.15, 0.2) is 23.3 Å². The molecule has 1 spiro atoms. The van der Waals surface area contributed by atoms with Gasteiger partial charge in [-0.1, -0.05) is 19.9 Å². The molecule has 7 atom stereocenters. The molecule has 0 aromatic heterocycles. The maximum absolute atomic E-state index is 12.6. The second-order valence-electron chi connectivity index (χ2n) is 9.93. The molecule has 7 heteroatoms. The molecule has 31 heavy (non-hydrogen) atoms. The Bertz CT molecular complexity index is 869. The Balaban J connectivity index is 1.80. The number of ether oxygens (including phenoxy) is 4. The van der Waals surface area contributed by atoms with Gasteiger partial charge < -0.3 is 14.2 Å². The molecule has 1 aliphatic heterocycles. The molecular formula is C24H32O7. The van der Waals surface area contributed by atoms with E-state index in [2.05, 4.69) is 13.8 Å². The summed E-state index contributed by atoms with van der Waals surface area (Å²) < 4.78 is 23.1. The molecular weight excluding hydrogens is 400 g/mol. The second kappa shape index (κ2) is 7.47. The van der Waals surface area contributed by atoms with Crippen molar-refractivity contribution < 1.29 is 33.3 Å². The molecule has 0 aromatic carbocycles. The number of carbonyl (C=O) groups excluding carboxylic acids is 3. The van der Waals surface area contributed by atoms with Crippen molar-refractivity contribution in [3.8, 4) is 0 Å². The van der Waals surface area contributed by atoms with Gasteiger partial charge >= 0.3 is 17.9 Å². The first-order valence-electron chi connectivity index (χ1n) is 11.1.